The number of halogens is 1. The second-order valence-corrected chi connectivity index (χ2v) is 7.47. The van der Waals surface area contributed by atoms with Gasteiger partial charge < -0.3 is 14.1 Å². The monoisotopic (exact) mass is 395 g/mol. The number of ether oxygens (including phenoxy) is 1. The number of furan rings is 1. The molecule has 0 unspecified atom stereocenters. The Bertz CT molecular complexity index is 674. The summed E-state index contributed by atoms with van der Waals surface area (Å²) in [4.78, 5) is 14.8. The molecule has 2 aromatic rings. The third-order valence-corrected chi connectivity index (χ3v) is 5.87. The predicted octanol–water partition coefficient (Wildman–Crippen LogP) is 4.37. The van der Waals surface area contributed by atoms with Gasteiger partial charge in [0.05, 0.1) is 24.2 Å². The number of carbonyl (C=O) groups is 1. The lowest BCUT2D eigenvalue weighted by atomic mass is 10.1. The number of nitrogens with zero attached hydrogens (tertiary/aromatic N) is 1. The Morgan fingerprint density at radius 1 is 1.39 bits per heavy atom. The van der Waals surface area contributed by atoms with Gasteiger partial charge in [0.2, 0.25) is 0 Å². The highest BCUT2D eigenvalue weighted by atomic mass is 79.9. The molecule has 1 amide bonds. The summed E-state index contributed by atoms with van der Waals surface area (Å²) >= 11 is 5.31. The highest BCUT2D eigenvalue weighted by molar-refractivity contribution is 9.10. The van der Waals surface area contributed by atoms with Gasteiger partial charge in [-0.05, 0) is 52.7 Å². The van der Waals surface area contributed by atoms with Gasteiger partial charge in [0, 0.05) is 23.3 Å². The molecule has 3 rings (SSSR count). The first-order valence-electron chi connectivity index (χ1n) is 7.47. The Morgan fingerprint density at radius 2 is 2.26 bits per heavy atom. The van der Waals surface area contributed by atoms with Gasteiger partial charge in [0.1, 0.15) is 11.5 Å². The van der Waals surface area contributed by atoms with Crippen molar-refractivity contribution >= 4 is 33.6 Å². The molecule has 1 atom stereocenters. The third kappa shape index (κ3) is 3.75. The molecule has 23 heavy (non-hydrogen) atoms. The molecule has 0 saturated carbocycles. The summed E-state index contributed by atoms with van der Waals surface area (Å²) in [5.41, 5.74) is 0.644. The minimum absolute atomic E-state index is 0.0384. The second-order valence-electron chi connectivity index (χ2n) is 5.30. The summed E-state index contributed by atoms with van der Waals surface area (Å²) < 4.78 is 11.5. The molecule has 4 nitrogen and oxygen atoms in total. The number of amides is 1. The fourth-order valence-corrected chi connectivity index (χ4v) is 4.24. The molecule has 1 aliphatic heterocycles. The number of hydrogen-bond donors (Lipinski definition) is 0. The largest absolute Gasteiger partial charge is 0.497 e. The van der Waals surface area contributed by atoms with Crippen molar-refractivity contribution in [3.63, 3.8) is 0 Å². The van der Waals surface area contributed by atoms with E-state index in [1.807, 2.05) is 40.9 Å². The molecule has 6 heteroatoms. The van der Waals surface area contributed by atoms with Crippen LogP contribution in [0.1, 0.15) is 27.8 Å². The highest BCUT2D eigenvalue weighted by Crippen LogP contribution is 2.35. The first-order valence-corrected chi connectivity index (χ1v) is 9.31. The molecule has 1 aromatic heterocycles. The number of thioether (sulfide) groups is 1. The van der Waals surface area contributed by atoms with Crippen LogP contribution in [0, 0.1) is 0 Å². The van der Waals surface area contributed by atoms with Gasteiger partial charge in [-0.3, -0.25) is 4.79 Å². The van der Waals surface area contributed by atoms with Gasteiger partial charge >= 0.3 is 0 Å². The SMILES string of the molecule is COc1ccc(Br)c(C(=O)N2CCS[C@@H](c3ccco3)CC2)c1. The lowest BCUT2D eigenvalue weighted by Gasteiger charge is -2.21. The molecule has 0 N–H and O–H groups in total. The molecule has 1 aromatic carbocycles. The maximum Gasteiger partial charge on any atom is 0.255 e. The van der Waals surface area contributed by atoms with E-state index >= 15 is 0 Å². The number of rotatable bonds is 3. The molecule has 122 valence electrons. The van der Waals surface area contributed by atoms with Crippen molar-refractivity contribution in [3.8, 4) is 5.75 Å². The molecule has 0 radical (unpaired) electrons. The highest BCUT2D eigenvalue weighted by Gasteiger charge is 2.25. The van der Waals surface area contributed by atoms with E-state index < -0.39 is 0 Å². The van der Waals surface area contributed by atoms with Crippen LogP contribution >= 0.6 is 27.7 Å². The van der Waals surface area contributed by atoms with Crippen LogP contribution in [0.4, 0.5) is 0 Å². The average molecular weight is 396 g/mol. The molecular formula is C17H18BrNO3S. The minimum atomic E-state index is 0.0384. The molecule has 1 fully saturated rings. The number of carbonyl (C=O) groups excluding carboxylic acids is 1. The normalized spacial score (nSPS) is 18.5. The summed E-state index contributed by atoms with van der Waals surface area (Å²) in [6.07, 6.45) is 2.60. The van der Waals surface area contributed by atoms with Crippen molar-refractivity contribution in [2.75, 3.05) is 26.0 Å². The molecule has 2 heterocycles. The molecule has 0 aliphatic carbocycles. The van der Waals surface area contributed by atoms with Crippen LogP contribution in [0.15, 0.2) is 45.5 Å². The first-order chi connectivity index (χ1) is 11.2. The van der Waals surface area contributed by atoms with E-state index in [9.17, 15) is 4.79 Å². The van der Waals surface area contributed by atoms with Crippen LogP contribution in [0.3, 0.4) is 0 Å². The van der Waals surface area contributed by atoms with Crippen molar-refractivity contribution in [1.29, 1.82) is 0 Å². The zero-order chi connectivity index (χ0) is 16.2. The van der Waals surface area contributed by atoms with E-state index in [-0.39, 0.29) is 5.91 Å². The standard InChI is InChI=1S/C17H18BrNO3S/c1-21-12-4-5-14(18)13(11-12)17(20)19-7-6-16(23-10-8-19)15-3-2-9-22-15/h2-5,9,11,16H,6-8,10H2,1H3/t16-/m1/s1. The van der Waals surface area contributed by atoms with Crippen molar-refractivity contribution in [2.45, 2.75) is 11.7 Å². The van der Waals surface area contributed by atoms with E-state index in [1.54, 1.807) is 19.4 Å². The van der Waals surface area contributed by atoms with Crippen LogP contribution in [0.5, 0.6) is 5.75 Å². The Balaban J connectivity index is 1.73. The molecule has 1 saturated heterocycles. The van der Waals surface area contributed by atoms with Crippen molar-refractivity contribution in [1.82, 2.24) is 4.90 Å². The topological polar surface area (TPSA) is 42.7 Å². The summed E-state index contributed by atoms with van der Waals surface area (Å²) in [6, 6.07) is 9.40. The molecule has 1 aliphatic rings. The zero-order valence-electron chi connectivity index (χ0n) is 12.8. The van der Waals surface area contributed by atoms with E-state index in [4.69, 9.17) is 9.15 Å². The fraction of sp³-hybridized carbons (Fsp3) is 0.353. The number of methoxy groups -OCH3 is 1. The van der Waals surface area contributed by atoms with E-state index in [0.717, 1.165) is 35.5 Å². The van der Waals surface area contributed by atoms with E-state index in [1.165, 1.54) is 0 Å². The third-order valence-electron chi connectivity index (χ3n) is 3.89. The fourth-order valence-electron chi connectivity index (χ4n) is 2.64. The maximum atomic E-state index is 12.8. The van der Waals surface area contributed by atoms with E-state index in [0.29, 0.717) is 16.6 Å². The zero-order valence-corrected chi connectivity index (χ0v) is 15.2. The molecule has 0 bridgehead atoms. The summed E-state index contributed by atoms with van der Waals surface area (Å²) in [5.74, 6) is 2.62. The second kappa shape index (κ2) is 7.45. The molecular weight excluding hydrogens is 378 g/mol. The van der Waals surface area contributed by atoms with Crippen LogP contribution in [0.2, 0.25) is 0 Å². The van der Waals surface area contributed by atoms with Gasteiger partial charge in [-0.2, -0.15) is 0 Å². The summed E-state index contributed by atoms with van der Waals surface area (Å²) in [5, 5.41) is 0.316. The first kappa shape index (κ1) is 16.5. The van der Waals surface area contributed by atoms with Gasteiger partial charge in [-0.1, -0.05) is 0 Å². The lowest BCUT2D eigenvalue weighted by molar-refractivity contribution is 0.0764. The van der Waals surface area contributed by atoms with Crippen molar-refractivity contribution in [3.05, 3.63) is 52.4 Å². The van der Waals surface area contributed by atoms with E-state index in [2.05, 4.69) is 15.9 Å². The Hall–Kier alpha value is -1.40. The van der Waals surface area contributed by atoms with Crippen molar-refractivity contribution < 1.29 is 13.9 Å². The Kier molecular flexibility index (Phi) is 5.33. The average Bonchev–Trinajstić information content (AvgIpc) is 2.99. The van der Waals surface area contributed by atoms with Crippen LogP contribution in [0.25, 0.3) is 0 Å². The van der Waals surface area contributed by atoms with Crippen molar-refractivity contribution in [2.24, 2.45) is 0 Å². The van der Waals surface area contributed by atoms with Gasteiger partial charge in [-0.15, -0.1) is 11.8 Å². The number of benzene rings is 1. The maximum absolute atomic E-state index is 12.8. The van der Waals surface area contributed by atoms with Gasteiger partial charge in [0.25, 0.3) is 5.91 Å². The Labute approximate surface area is 148 Å². The van der Waals surface area contributed by atoms with Gasteiger partial charge in [-0.25, -0.2) is 0 Å². The predicted molar refractivity (Wildman–Crippen MR) is 95.1 cm³/mol. The van der Waals surface area contributed by atoms with Crippen LogP contribution < -0.4 is 4.74 Å². The number of hydrogen-bond acceptors (Lipinski definition) is 4. The smallest absolute Gasteiger partial charge is 0.255 e. The quantitative estimate of drug-likeness (QED) is 0.773. The Morgan fingerprint density at radius 3 is 3.00 bits per heavy atom. The minimum Gasteiger partial charge on any atom is -0.497 e. The van der Waals surface area contributed by atoms with Crippen LogP contribution in [-0.2, 0) is 0 Å². The van der Waals surface area contributed by atoms with Gasteiger partial charge in [0.15, 0.2) is 0 Å². The van der Waals surface area contributed by atoms with Crippen LogP contribution in [-0.4, -0.2) is 36.8 Å². The molecule has 0 spiro atoms. The lowest BCUT2D eigenvalue weighted by Crippen LogP contribution is -2.33. The summed E-state index contributed by atoms with van der Waals surface area (Å²) in [6.45, 7) is 1.46. The summed E-state index contributed by atoms with van der Waals surface area (Å²) in [7, 11) is 1.61.